The van der Waals surface area contributed by atoms with Crippen LogP contribution in [0.15, 0.2) is 4.99 Å². The molecule has 4 nitrogen and oxygen atoms in total. The van der Waals surface area contributed by atoms with Gasteiger partial charge in [-0.1, -0.05) is 13.8 Å². The normalized spacial score (nSPS) is 37.0. The molecular weight excluding hydrogens is 142 g/mol. The number of nitrogens with one attached hydrogen (secondary N) is 1. The van der Waals surface area contributed by atoms with Crippen molar-refractivity contribution in [3.8, 4) is 0 Å². The molecule has 64 valence electrons. The Bertz CT molecular complexity index is 181. The molecule has 1 aliphatic carbocycles. The molecule has 1 rings (SSSR count). The van der Waals surface area contributed by atoms with Gasteiger partial charge in [-0.05, 0) is 18.3 Å². The molecule has 11 heavy (non-hydrogen) atoms. The maximum Gasteiger partial charge on any atom is 0.213 e. The van der Waals surface area contributed by atoms with Crippen LogP contribution in [0.4, 0.5) is 0 Å². The van der Waals surface area contributed by atoms with E-state index in [1.165, 1.54) is 0 Å². The maximum atomic E-state index is 8.35. The lowest BCUT2D eigenvalue weighted by molar-refractivity contribution is 0.232. The Morgan fingerprint density at radius 2 is 2.55 bits per heavy atom. The summed E-state index contributed by atoms with van der Waals surface area (Å²) >= 11 is 0. The number of hydrogen-bond donors (Lipinski definition) is 3. The third-order valence-electron chi connectivity index (χ3n) is 2.52. The van der Waals surface area contributed by atoms with Crippen molar-refractivity contribution in [1.82, 2.24) is 5.48 Å². The first-order valence-electron chi connectivity index (χ1n) is 3.86. The minimum absolute atomic E-state index is 0.118. The topological polar surface area (TPSA) is 70.6 Å². The maximum absolute atomic E-state index is 8.35. The monoisotopic (exact) mass is 157 g/mol. The highest BCUT2D eigenvalue weighted by Crippen LogP contribution is 2.50. The van der Waals surface area contributed by atoms with Gasteiger partial charge in [0.05, 0.1) is 6.04 Å². The molecule has 0 bridgehead atoms. The molecule has 4 heteroatoms. The Hall–Kier alpha value is -0.770. The van der Waals surface area contributed by atoms with Crippen molar-refractivity contribution in [3.05, 3.63) is 0 Å². The van der Waals surface area contributed by atoms with Crippen LogP contribution in [0, 0.1) is 5.41 Å². The van der Waals surface area contributed by atoms with Gasteiger partial charge in [-0.2, -0.15) is 0 Å². The third kappa shape index (κ3) is 1.63. The van der Waals surface area contributed by atoms with Crippen molar-refractivity contribution in [1.29, 1.82) is 0 Å². The van der Waals surface area contributed by atoms with Crippen molar-refractivity contribution in [2.45, 2.75) is 32.7 Å². The van der Waals surface area contributed by atoms with Gasteiger partial charge < -0.3 is 5.73 Å². The second kappa shape index (κ2) is 2.70. The molecule has 0 amide bonds. The van der Waals surface area contributed by atoms with Crippen molar-refractivity contribution in [2.75, 3.05) is 0 Å². The van der Waals surface area contributed by atoms with E-state index >= 15 is 0 Å². The average molecular weight is 157 g/mol. The Morgan fingerprint density at radius 3 is 2.91 bits per heavy atom. The molecule has 0 saturated heterocycles. The van der Waals surface area contributed by atoms with Gasteiger partial charge >= 0.3 is 0 Å². The molecule has 0 aromatic carbocycles. The van der Waals surface area contributed by atoms with Gasteiger partial charge in [0.1, 0.15) is 0 Å². The Balaban J connectivity index is 2.44. The van der Waals surface area contributed by atoms with Crippen LogP contribution in [0.25, 0.3) is 0 Å². The van der Waals surface area contributed by atoms with Crippen LogP contribution in [-0.4, -0.2) is 17.2 Å². The van der Waals surface area contributed by atoms with Crippen LogP contribution < -0.4 is 11.2 Å². The second-order valence-electron chi connectivity index (χ2n) is 3.35. The Morgan fingerprint density at radius 1 is 1.91 bits per heavy atom. The van der Waals surface area contributed by atoms with Gasteiger partial charge in [0.25, 0.3) is 0 Å². The summed E-state index contributed by atoms with van der Waals surface area (Å²) in [6.07, 6.45) is 2.19. The highest BCUT2D eigenvalue weighted by atomic mass is 16.5. The molecule has 0 spiro atoms. The van der Waals surface area contributed by atoms with E-state index < -0.39 is 0 Å². The standard InChI is InChI=1S/C7H15N3O/c1-3-7(2)4-5(7)9-6(8)10-11/h5,11H,3-4H2,1-2H3,(H3,8,9,10). The first-order chi connectivity index (χ1) is 5.12. The fourth-order valence-corrected chi connectivity index (χ4v) is 1.16. The minimum atomic E-state index is 0.118. The summed E-state index contributed by atoms with van der Waals surface area (Å²) in [6.45, 7) is 4.31. The Kier molecular flexibility index (Phi) is 2.04. The number of hydrogen-bond acceptors (Lipinski definition) is 2. The molecule has 2 unspecified atom stereocenters. The van der Waals surface area contributed by atoms with Crippen LogP contribution in [0.1, 0.15) is 26.7 Å². The summed E-state index contributed by atoms with van der Waals surface area (Å²) in [5, 5.41) is 8.35. The van der Waals surface area contributed by atoms with Gasteiger partial charge in [0.2, 0.25) is 5.96 Å². The molecule has 0 radical (unpaired) electrons. The molecule has 0 aromatic rings. The fraction of sp³-hybridized carbons (Fsp3) is 0.857. The van der Waals surface area contributed by atoms with Crippen LogP contribution >= 0.6 is 0 Å². The van der Waals surface area contributed by atoms with E-state index in [0.29, 0.717) is 11.5 Å². The number of aliphatic imine (C=N–C) groups is 1. The number of rotatable bonds is 2. The summed E-state index contributed by atoms with van der Waals surface area (Å²) in [4.78, 5) is 4.06. The predicted molar refractivity (Wildman–Crippen MR) is 43.3 cm³/mol. The number of nitrogens with two attached hydrogens (primary N) is 1. The molecule has 1 fully saturated rings. The number of nitrogens with zero attached hydrogens (tertiary/aromatic N) is 1. The SMILES string of the molecule is CCC1(C)CC1N=C(N)NO. The largest absolute Gasteiger partial charge is 0.368 e. The lowest BCUT2D eigenvalue weighted by Gasteiger charge is -2.03. The van der Waals surface area contributed by atoms with Crippen LogP contribution in [0.2, 0.25) is 0 Å². The van der Waals surface area contributed by atoms with E-state index in [1.54, 1.807) is 0 Å². The van der Waals surface area contributed by atoms with E-state index in [9.17, 15) is 0 Å². The Labute approximate surface area is 66.5 Å². The van der Waals surface area contributed by atoms with E-state index in [1.807, 2.05) is 5.48 Å². The summed E-state index contributed by atoms with van der Waals surface area (Å²) in [7, 11) is 0. The van der Waals surface area contributed by atoms with Gasteiger partial charge in [-0.3, -0.25) is 5.21 Å². The highest BCUT2D eigenvalue weighted by molar-refractivity contribution is 5.77. The lowest BCUT2D eigenvalue weighted by atomic mass is 10.1. The smallest absolute Gasteiger partial charge is 0.213 e. The zero-order valence-electron chi connectivity index (χ0n) is 6.96. The van der Waals surface area contributed by atoms with Gasteiger partial charge in [-0.25, -0.2) is 10.5 Å². The van der Waals surface area contributed by atoms with Crippen LogP contribution in [0.3, 0.4) is 0 Å². The average Bonchev–Trinajstić information content (AvgIpc) is 2.63. The predicted octanol–water partition coefficient (Wildman–Crippen LogP) is 0.469. The minimum Gasteiger partial charge on any atom is -0.368 e. The van der Waals surface area contributed by atoms with Crippen molar-refractivity contribution in [3.63, 3.8) is 0 Å². The molecule has 2 atom stereocenters. The molecule has 1 aliphatic rings. The van der Waals surface area contributed by atoms with Crippen LogP contribution in [-0.2, 0) is 0 Å². The number of hydroxylamine groups is 1. The van der Waals surface area contributed by atoms with Crippen molar-refractivity contribution >= 4 is 5.96 Å². The highest BCUT2D eigenvalue weighted by Gasteiger charge is 2.48. The number of guanidine groups is 1. The summed E-state index contributed by atoms with van der Waals surface area (Å²) < 4.78 is 0. The molecule has 1 saturated carbocycles. The van der Waals surface area contributed by atoms with Crippen molar-refractivity contribution < 1.29 is 5.21 Å². The lowest BCUT2D eigenvalue weighted by Crippen LogP contribution is -2.29. The first kappa shape index (κ1) is 8.33. The van der Waals surface area contributed by atoms with Gasteiger partial charge in [0, 0.05) is 0 Å². The van der Waals surface area contributed by atoms with E-state index in [4.69, 9.17) is 10.9 Å². The summed E-state index contributed by atoms with van der Waals surface area (Å²) in [5.41, 5.74) is 7.43. The first-order valence-corrected chi connectivity index (χ1v) is 3.86. The van der Waals surface area contributed by atoms with E-state index in [0.717, 1.165) is 12.8 Å². The summed E-state index contributed by atoms with van der Waals surface area (Å²) in [5.74, 6) is 0.118. The van der Waals surface area contributed by atoms with Crippen LogP contribution in [0.5, 0.6) is 0 Å². The third-order valence-corrected chi connectivity index (χ3v) is 2.52. The molecule has 0 aromatic heterocycles. The second-order valence-corrected chi connectivity index (χ2v) is 3.35. The van der Waals surface area contributed by atoms with E-state index in [2.05, 4.69) is 18.8 Å². The van der Waals surface area contributed by atoms with Gasteiger partial charge in [-0.15, -0.1) is 0 Å². The molecule has 0 aliphatic heterocycles. The van der Waals surface area contributed by atoms with E-state index in [-0.39, 0.29) is 5.96 Å². The summed E-state index contributed by atoms with van der Waals surface area (Å²) in [6, 6.07) is 0.298. The van der Waals surface area contributed by atoms with Gasteiger partial charge in [0.15, 0.2) is 0 Å². The zero-order chi connectivity index (χ0) is 8.48. The molecule has 0 heterocycles. The fourth-order valence-electron chi connectivity index (χ4n) is 1.16. The molecule has 4 N–H and O–H groups in total. The quantitative estimate of drug-likeness (QED) is 0.310. The van der Waals surface area contributed by atoms with Crippen molar-refractivity contribution in [2.24, 2.45) is 16.1 Å². The molecular formula is C7H15N3O. The zero-order valence-corrected chi connectivity index (χ0v) is 6.96.